The molecule has 3 aromatic rings. The highest BCUT2D eigenvalue weighted by Crippen LogP contribution is 2.36. The Hall–Kier alpha value is -2.11. The van der Waals surface area contributed by atoms with Gasteiger partial charge in [-0.25, -0.2) is 4.39 Å². The number of nitrogen functional groups attached to an aromatic ring is 1. The summed E-state index contributed by atoms with van der Waals surface area (Å²) < 4.78 is 14.4. The predicted octanol–water partition coefficient (Wildman–Crippen LogP) is 4.53. The molecule has 0 saturated heterocycles. The number of thiophene rings is 1. The second kappa shape index (κ2) is 5.35. The van der Waals surface area contributed by atoms with Gasteiger partial charge in [-0.3, -0.25) is 4.79 Å². The third-order valence-corrected chi connectivity index (χ3v) is 4.53. The van der Waals surface area contributed by atoms with E-state index in [0.29, 0.717) is 15.4 Å². The van der Waals surface area contributed by atoms with Crippen LogP contribution in [0.3, 0.4) is 0 Å². The van der Waals surface area contributed by atoms with Crippen LogP contribution in [-0.4, -0.2) is 5.91 Å². The van der Waals surface area contributed by atoms with Crippen molar-refractivity contribution in [3.05, 3.63) is 58.2 Å². The molecule has 1 amide bonds. The molecule has 21 heavy (non-hydrogen) atoms. The predicted molar refractivity (Wildman–Crippen MR) is 85.6 cm³/mol. The van der Waals surface area contributed by atoms with Crippen molar-refractivity contribution in [2.75, 3.05) is 11.1 Å². The lowest BCUT2D eigenvalue weighted by Gasteiger charge is -2.06. The van der Waals surface area contributed by atoms with E-state index in [0.717, 1.165) is 11.3 Å². The Labute approximate surface area is 129 Å². The quantitative estimate of drug-likeness (QED) is 0.729. The second-order valence-electron chi connectivity index (χ2n) is 4.39. The van der Waals surface area contributed by atoms with Gasteiger partial charge in [0.25, 0.3) is 5.91 Å². The first-order valence-corrected chi connectivity index (χ1v) is 7.29. The van der Waals surface area contributed by atoms with Crippen LogP contribution in [0, 0.1) is 5.82 Å². The number of rotatable bonds is 2. The van der Waals surface area contributed by atoms with Gasteiger partial charge in [0.15, 0.2) is 0 Å². The standard InChI is InChI=1S/C15H10ClFN2OS/c16-8-4-1-2-6-10(8)19-15(20)14-13(18)12-9(17)5-3-7-11(12)21-14/h1-7H,18H2,(H,19,20). The van der Waals surface area contributed by atoms with Crippen LogP contribution >= 0.6 is 22.9 Å². The maximum Gasteiger partial charge on any atom is 0.267 e. The normalized spacial score (nSPS) is 10.8. The average molecular weight is 321 g/mol. The molecule has 0 aliphatic carbocycles. The summed E-state index contributed by atoms with van der Waals surface area (Å²) >= 11 is 7.15. The van der Waals surface area contributed by atoms with Gasteiger partial charge in [0.05, 0.1) is 21.8 Å². The molecule has 0 radical (unpaired) electrons. The third-order valence-electron chi connectivity index (χ3n) is 3.03. The lowest BCUT2D eigenvalue weighted by atomic mass is 10.2. The van der Waals surface area contributed by atoms with Crippen LogP contribution in [0.1, 0.15) is 9.67 Å². The molecule has 1 aromatic heterocycles. The first-order valence-electron chi connectivity index (χ1n) is 6.10. The minimum Gasteiger partial charge on any atom is -0.397 e. The molecule has 0 aliphatic heterocycles. The van der Waals surface area contributed by atoms with Crippen LogP contribution in [0.25, 0.3) is 10.1 Å². The number of amides is 1. The molecular formula is C15H10ClFN2OS. The number of para-hydroxylation sites is 1. The van der Waals surface area contributed by atoms with Crippen LogP contribution in [0.4, 0.5) is 15.8 Å². The molecule has 0 aliphatic rings. The zero-order chi connectivity index (χ0) is 15.0. The minimum atomic E-state index is -0.432. The molecule has 1 heterocycles. The lowest BCUT2D eigenvalue weighted by molar-refractivity contribution is 0.103. The number of carbonyl (C=O) groups excluding carboxylic acids is 1. The number of nitrogens with two attached hydrogens (primary N) is 1. The smallest absolute Gasteiger partial charge is 0.267 e. The monoisotopic (exact) mass is 320 g/mol. The average Bonchev–Trinajstić information content (AvgIpc) is 2.80. The van der Waals surface area contributed by atoms with Crippen LogP contribution < -0.4 is 11.1 Å². The highest BCUT2D eigenvalue weighted by Gasteiger charge is 2.19. The Morgan fingerprint density at radius 3 is 2.67 bits per heavy atom. The van der Waals surface area contributed by atoms with Crippen LogP contribution in [0.15, 0.2) is 42.5 Å². The van der Waals surface area contributed by atoms with Crippen molar-refractivity contribution in [3.63, 3.8) is 0 Å². The van der Waals surface area contributed by atoms with E-state index in [2.05, 4.69) is 5.32 Å². The molecule has 0 bridgehead atoms. The van der Waals surface area contributed by atoms with E-state index in [-0.39, 0.29) is 16.0 Å². The fourth-order valence-corrected chi connectivity index (χ4v) is 3.25. The summed E-state index contributed by atoms with van der Waals surface area (Å²) in [6.07, 6.45) is 0. The summed E-state index contributed by atoms with van der Waals surface area (Å²) in [6, 6.07) is 11.5. The molecule has 3 nitrogen and oxygen atoms in total. The third kappa shape index (κ3) is 2.46. The summed E-state index contributed by atoms with van der Waals surface area (Å²) in [5.74, 6) is -0.834. The topological polar surface area (TPSA) is 55.1 Å². The molecule has 2 aromatic carbocycles. The maximum absolute atomic E-state index is 13.8. The molecule has 3 N–H and O–H groups in total. The highest BCUT2D eigenvalue weighted by molar-refractivity contribution is 7.21. The van der Waals surface area contributed by atoms with E-state index in [1.165, 1.54) is 6.07 Å². The maximum atomic E-state index is 13.8. The van der Waals surface area contributed by atoms with E-state index in [4.69, 9.17) is 17.3 Å². The molecule has 106 valence electrons. The summed E-state index contributed by atoms with van der Waals surface area (Å²) in [5.41, 5.74) is 6.55. The number of fused-ring (bicyclic) bond motifs is 1. The molecule has 0 saturated carbocycles. The summed E-state index contributed by atoms with van der Waals surface area (Å²) in [4.78, 5) is 12.6. The van der Waals surface area contributed by atoms with Crippen molar-refractivity contribution in [3.8, 4) is 0 Å². The fourth-order valence-electron chi connectivity index (χ4n) is 2.04. The first kappa shape index (κ1) is 13.9. The summed E-state index contributed by atoms with van der Waals surface area (Å²) in [6.45, 7) is 0. The summed E-state index contributed by atoms with van der Waals surface area (Å²) in [5, 5.41) is 3.40. The van der Waals surface area contributed by atoms with E-state index in [1.807, 2.05) is 0 Å². The Morgan fingerprint density at radius 2 is 1.95 bits per heavy atom. The first-order chi connectivity index (χ1) is 10.1. The Kier molecular flexibility index (Phi) is 3.53. The van der Waals surface area contributed by atoms with Gasteiger partial charge < -0.3 is 11.1 Å². The zero-order valence-electron chi connectivity index (χ0n) is 10.7. The van der Waals surface area contributed by atoms with Crippen molar-refractivity contribution in [2.45, 2.75) is 0 Å². The molecule has 6 heteroatoms. The Morgan fingerprint density at radius 1 is 1.19 bits per heavy atom. The largest absolute Gasteiger partial charge is 0.397 e. The number of hydrogen-bond donors (Lipinski definition) is 2. The van der Waals surface area contributed by atoms with Crippen LogP contribution in [-0.2, 0) is 0 Å². The number of nitrogens with one attached hydrogen (secondary N) is 1. The van der Waals surface area contributed by atoms with Crippen molar-refractivity contribution in [1.82, 2.24) is 0 Å². The van der Waals surface area contributed by atoms with Crippen molar-refractivity contribution in [1.29, 1.82) is 0 Å². The van der Waals surface area contributed by atoms with Gasteiger partial charge in [0, 0.05) is 4.70 Å². The highest BCUT2D eigenvalue weighted by atomic mass is 35.5. The molecule has 0 unspecified atom stereocenters. The Balaban J connectivity index is 2.01. The van der Waals surface area contributed by atoms with Crippen LogP contribution in [0.5, 0.6) is 0 Å². The van der Waals surface area contributed by atoms with E-state index in [9.17, 15) is 9.18 Å². The number of carbonyl (C=O) groups is 1. The molecule has 0 atom stereocenters. The van der Waals surface area contributed by atoms with Crippen molar-refractivity contribution < 1.29 is 9.18 Å². The van der Waals surface area contributed by atoms with Gasteiger partial charge in [-0.15, -0.1) is 11.3 Å². The van der Waals surface area contributed by atoms with Crippen molar-refractivity contribution in [2.24, 2.45) is 0 Å². The van der Waals surface area contributed by atoms with E-state index < -0.39 is 11.7 Å². The second-order valence-corrected chi connectivity index (χ2v) is 5.85. The van der Waals surface area contributed by atoms with Crippen molar-refractivity contribution >= 4 is 50.3 Å². The van der Waals surface area contributed by atoms with Gasteiger partial charge in [0.2, 0.25) is 0 Å². The summed E-state index contributed by atoms with van der Waals surface area (Å²) in [7, 11) is 0. The Bertz CT molecular complexity index is 847. The zero-order valence-corrected chi connectivity index (χ0v) is 12.3. The SMILES string of the molecule is Nc1c(C(=O)Nc2ccccc2Cl)sc2cccc(F)c12. The van der Waals surface area contributed by atoms with Gasteiger partial charge >= 0.3 is 0 Å². The van der Waals surface area contributed by atoms with Gasteiger partial charge in [0.1, 0.15) is 10.7 Å². The number of hydrogen-bond acceptors (Lipinski definition) is 3. The van der Waals surface area contributed by atoms with Crippen LogP contribution in [0.2, 0.25) is 5.02 Å². The number of benzene rings is 2. The van der Waals surface area contributed by atoms with Gasteiger partial charge in [-0.1, -0.05) is 29.8 Å². The minimum absolute atomic E-state index is 0.151. The van der Waals surface area contributed by atoms with E-state index in [1.54, 1.807) is 36.4 Å². The van der Waals surface area contributed by atoms with Gasteiger partial charge in [-0.05, 0) is 24.3 Å². The molecular weight excluding hydrogens is 311 g/mol. The van der Waals surface area contributed by atoms with E-state index >= 15 is 0 Å². The number of halogens is 2. The lowest BCUT2D eigenvalue weighted by Crippen LogP contribution is -2.12. The fraction of sp³-hybridized carbons (Fsp3) is 0. The van der Waals surface area contributed by atoms with Gasteiger partial charge in [-0.2, -0.15) is 0 Å². The molecule has 0 spiro atoms. The molecule has 0 fully saturated rings. The molecule has 3 rings (SSSR count). The number of anilines is 2.